The van der Waals surface area contributed by atoms with E-state index >= 15 is 0 Å². The maximum absolute atomic E-state index is 10.6. The van der Waals surface area contributed by atoms with Gasteiger partial charge in [-0.1, -0.05) is 29.8 Å². The Morgan fingerprint density at radius 1 is 1.47 bits per heavy atom. The number of rotatable bonds is 3. The highest BCUT2D eigenvalue weighted by Crippen LogP contribution is 2.21. The van der Waals surface area contributed by atoms with Gasteiger partial charge in [-0.2, -0.15) is 0 Å². The van der Waals surface area contributed by atoms with Gasteiger partial charge in [-0.25, -0.2) is 0 Å². The van der Waals surface area contributed by atoms with E-state index < -0.39 is 0 Å². The summed E-state index contributed by atoms with van der Waals surface area (Å²) in [6.07, 6.45) is 2.04. The highest BCUT2D eigenvalue weighted by Gasteiger charge is 2.21. The van der Waals surface area contributed by atoms with E-state index in [1.807, 2.05) is 24.3 Å². The second-order valence-electron chi connectivity index (χ2n) is 4.01. The van der Waals surface area contributed by atoms with E-state index in [1.54, 1.807) is 0 Å². The molecule has 1 aromatic rings. The second-order valence-corrected chi connectivity index (χ2v) is 4.42. The van der Waals surface area contributed by atoms with E-state index in [0.29, 0.717) is 0 Å². The number of hydrogen-bond acceptors (Lipinski definition) is 2. The van der Waals surface area contributed by atoms with Crippen molar-refractivity contribution in [2.24, 2.45) is 5.92 Å². The van der Waals surface area contributed by atoms with Crippen LogP contribution in [0, 0.1) is 5.92 Å². The number of carbonyl (C=O) groups excluding carboxylic acids is 1. The van der Waals surface area contributed by atoms with Gasteiger partial charge < -0.3 is 4.79 Å². The van der Waals surface area contributed by atoms with Gasteiger partial charge in [0.25, 0.3) is 0 Å². The number of benzene rings is 1. The SMILES string of the molecule is O=C[C@H]1CCN(Cc2ccccc2Cl)C1. The van der Waals surface area contributed by atoms with Crippen molar-refractivity contribution in [2.75, 3.05) is 13.1 Å². The standard InChI is InChI=1S/C12H14ClNO/c13-12-4-2-1-3-11(12)8-14-6-5-10(7-14)9-15/h1-4,9-10H,5-8H2/t10-/m0/s1. The van der Waals surface area contributed by atoms with Crippen LogP contribution in [0.15, 0.2) is 24.3 Å². The van der Waals surface area contributed by atoms with Gasteiger partial charge in [0.1, 0.15) is 6.29 Å². The monoisotopic (exact) mass is 223 g/mol. The van der Waals surface area contributed by atoms with Crippen molar-refractivity contribution in [2.45, 2.75) is 13.0 Å². The Kier molecular flexibility index (Phi) is 3.39. The minimum atomic E-state index is 0.215. The van der Waals surface area contributed by atoms with E-state index in [4.69, 9.17) is 11.6 Å². The minimum absolute atomic E-state index is 0.215. The summed E-state index contributed by atoms with van der Waals surface area (Å²) in [4.78, 5) is 12.9. The Hall–Kier alpha value is -0.860. The van der Waals surface area contributed by atoms with Crippen LogP contribution in [0.1, 0.15) is 12.0 Å². The highest BCUT2D eigenvalue weighted by molar-refractivity contribution is 6.31. The van der Waals surface area contributed by atoms with E-state index in [9.17, 15) is 4.79 Å². The van der Waals surface area contributed by atoms with Crippen LogP contribution in [0.2, 0.25) is 5.02 Å². The van der Waals surface area contributed by atoms with Crippen LogP contribution in [0.5, 0.6) is 0 Å². The quantitative estimate of drug-likeness (QED) is 0.734. The van der Waals surface area contributed by atoms with Crippen molar-refractivity contribution in [3.8, 4) is 0 Å². The Morgan fingerprint density at radius 2 is 2.27 bits per heavy atom. The third-order valence-electron chi connectivity index (χ3n) is 2.85. The zero-order valence-corrected chi connectivity index (χ0v) is 9.28. The van der Waals surface area contributed by atoms with Gasteiger partial charge >= 0.3 is 0 Å². The molecule has 0 N–H and O–H groups in total. The first kappa shape index (κ1) is 10.7. The first-order chi connectivity index (χ1) is 7.29. The average Bonchev–Trinajstić information content (AvgIpc) is 2.69. The summed E-state index contributed by atoms with van der Waals surface area (Å²) in [7, 11) is 0. The van der Waals surface area contributed by atoms with Crippen LogP contribution in [0.25, 0.3) is 0 Å². The van der Waals surface area contributed by atoms with Crippen LogP contribution >= 0.6 is 11.6 Å². The molecule has 2 rings (SSSR count). The van der Waals surface area contributed by atoms with Crippen molar-refractivity contribution in [1.82, 2.24) is 4.90 Å². The Labute approximate surface area is 94.8 Å². The summed E-state index contributed by atoms with van der Waals surface area (Å²) in [5.74, 6) is 0.215. The first-order valence-corrected chi connectivity index (χ1v) is 5.58. The Bertz CT molecular complexity index is 353. The summed E-state index contributed by atoms with van der Waals surface area (Å²) in [6, 6.07) is 7.87. The van der Waals surface area contributed by atoms with Crippen molar-refractivity contribution < 1.29 is 4.79 Å². The molecule has 15 heavy (non-hydrogen) atoms. The predicted octanol–water partition coefficient (Wildman–Crippen LogP) is 2.36. The van der Waals surface area contributed by atoms with Gasteiger partial charge in [-0.15, -0.1) is 0 Å². The van der Waals surface area contributed by atoms with Crippen molar-refractivity contribution in [3.05, 3.63) is 34.9 Å². The first-order valence-electron chi connectivity index (χ1n) is 5.20. The van der Waals surface area contributed by atoms with Gasteiger partial charge in [-0.05, 0) is 24.6 Å². The van der Waals surface area contributed by atoms with E-state index in [-0.39, 0.29) is 5.92 Å². The molecule has 0 aliphatic carbocycles. The van der Waals surface area contributed by atoms with Crippen LogP contribution in [-0.4, -0.2) is 24.3 Å². The second kappa shape index (κ2) is 4.77. The molecule has 1 fully saturated rings. The summed E-state index contributed by atoms with van der Waals surface area (Å²) in [5, 5.41) is 0.812. The fourth-order valence-electron chi connectivity index (χ4n) is 1.98. The topological polar surface area (TPSA) is 20.3 Å². The van der Waals surface area contributed by atoms with Gasteiger partial charge in [0.15, 0.2) is 0 Å². The van der Waals surface area contributed by atoms with E-state index in [2.05, 4.69) is 4.90 Å². The van der Waals surface area contributed by atoms with Crippen molar-refractivity contribution >= 4 is 17.9 Å². The average molecular weight is 224 g/mol. The predicted molar refractivity (Wildman–Crippen MR) is 60.9 cm³/mol. The number of aldehydes is 1. The number of nitrogens with zero attached hydrogens (tertiary/aromatic N) is 1. The molecular weight excluding hydrogens is 210 g/mol. The summed E-state index contributed by atoms with van der Waals surface area (Å²) in [6.45, 7) is 2.72. The third-order valence-corrected chi connectivity index (χ3v) is 3.22. The lowest BCUT2D eigenvalue weighted by Crippen LogP contribution is -2.20. The van der Waals surface area contributed by atoms with E-state index in [1.165, 1.54) is 0 Å². The molecular formula is C12H14ClNO. The highest BCUT2D eigenvalue weighted by atomic mass is 35.5. The molecule has 1 aromatic carbocycles. The van der Waals surface area contributed by atoms with Crippen molar-refractivity contribution in [3.63, 3.8) is 0 Å². The third kappa shape index (κ3) is 2.58. The molecule has 0 bridgehead atoms. The zero-order valence-electron chi connectivity index (χ0n) is 8.53. The van der Waals surface area contributed by atoms with Gasteiger partial charge in [0, 0.05) is 24.0 Å². The largest absolute Gasteiger partial charge is 0.303 e. The lowest BCUT2D eigenvalue weighted by Gasteiger charge is -2.15. The zero-order chi connectivity index (χ0) is 10.7. The number of hydrogen-bond donors (Lipinski definition) is 0. The van der Waals surface area contributed by atoms with Crippen LogP contribution in [0.4, 0.5) is 0 Å². The van der Waals surface area contributed by atoms with Crippen LogP contribution in [-0.2, 0) is 11.3 Å². The van der Waals surface area contributed by atoms with Crippen LogP contribution < -0.4 is 0 Å². The molecule has 3 heteroatoms. The van der Waals surface area contributed by atoms with Gasteiger partial charge in [-0.3, -0.25) is 4.90 Å². The molecule has 1 atom stereocenters. The lowest BCUT2D eigenvalue weighted by atomic mass is 10.1. The molecule has 1 aliphatic heterocycles. The summed E-state index contributed by atoms with van der Waals surface area (Å²) >= 11 is 6.08. The van der Waals surface area contributed by atoms with Gasteiger partial charge in [0.2, 0.25) is 0 Å². The number of halogens is 1. The van der Waals surface area contributed by atoms with Crippen molar-refractivity contribution in [1.29, 1.82) is 0 Å². The van der Waals surface area contributed by atoms with E-state index in [0.717, 1.165) is 42.9 Å². The maximum atomic E-state index is 10.6. The normalized spacial score (nSPS) is 21.8. The van der Waals surface area contributed by atoms with Gasteiger partial charge in [0.05, 0.1) is 0 Å². The number of carbonyl (C=O) groups is 1. The fourth-order valence-corrected chi connectivity index (χ4v) is 2.18. The molecule has 80 valence electrons. The Balaban J connectivity index is 1.98. The molecule has 0 amide bonds. The maximum Gasteiger partial charge on any atom is 0.124 e. The lowest BCUT2D eigenvalue weighted by molar-refractivity contribution is -0.110. The summed E-state index contributed by atoms with van der Waals surface area (Å²) < 4.78 is 0. The molecule has 1 heterocycles. The van der Waals surface area contributed by atoms with Crippen LogP contribution in [0.3, 0.4) is 0 Å². The fraction of sp³-hybridized carbons (Fsp3) is 0.417. The smallest absolute Gasteiger partial charge is 0.124 e. The minimum Gasteiger partial charge on any atom is -0.303 e. The summed E-state index contributed by atoms with van der Waals surface area (Å²) in [5.41, 5.74) is 1.14. The number of likely N-dealkylation sites (tertiary alicyclic amines) is 1. The Morgan fingerprint density at radius 3 is 2.93 bits per heavy atom. The molecule has 0 saturated carbocycles. The molecule has 0 unspecified atom stereocenters. The molecule has 1 aliphatic rings. The molecule has 0 aromatic heterocycles. The molecule has 2 nitrogen and oxygen atoms in total. The molecule has 0 spiro atoms. The molecule has 1 saturated heterocycles. The molecule has 0 radical (unpaired) electrons.